The third-order valence-electron chi connectivity index (χ3n) is 11.4. The summed E-state index contributed by atoms with van der Waals surface area (Å²) in [5, 5.41) is 20.6. The second-order valence-electron chi connectivity index (χ2n) is 13.9. The summed E-state index contributed by atoms with van der Waals surface area (Å²) in [4.78, 5) is 61.0. The Morgan fingerprint density at radius 1 is 0.820 bits per heavy atom. The summed E-state index contributed by atoms with van der Waals surface area (Å²) in [6, 6.07) is 28.1. The maximum absolute atomic E-state index is 15.3. The zero-order chi connectivity index (χ0) is 34.9. The molecule has 3 fully saturated rings. The molecule has 2 heterocycles. The van der Waals surface area contributed by atoms with Gasteiger partial charge in [0.25, 0.3) is 0 Å². The molecular formula is C41H35ClN2O6. The second kappa shape index (κ2) is 12.0. The number of phenolic OH excluding ortho intramolecular Hbond substituents is 2. The molecule has 8 nitrogen and oxygen atoms in total. The first-order valence-corrected chi connectivity index (χ1v) is 17.3. The van der Waals surface area contributed by atoms with Crippen molar-refractivity contribution in [2.75, 3.05) is 11.4 Å². The van der Waals surface area contributed by atoms with E-state index in [1.807, 2.05) is 42.5 Å². The minimum absolute atomic E-state index is 0.110. The number of halogens is 1. The number of carbonyl (C=O) groups is 4. The number of amides is 4. The molecule has 0 radical (unpaired) electrons. The van der Waals surface area contributed by atoms with Crippen LogP contribution < -0.4 is 4.90 Å². The van der Waals surface area contributed by atoms with Gasteiger partial charge in [0, 0.05) is 17.5 Å². The number of aromatic hydroxyl groups is 2. The molecule has 2 aliphatic carbocycles. The minimum atomic E-state index is -1.37. The molecule has 4 aliphatic rings. The fraction of sp³-hybridized carbons (Fsp3) is 0.268. The topological polar surface area (TPSA) is 115 Å². The highest BCUT2D eigenvalue weighted by Gasteiger charge is 2.70. The average molecular weight is 687 g/mol. The number of likely N-dealkylation sites (tertiary alicyclic amines) is 1. The molecule has 4 aromatic carbocycles. The van der Waals surface area contributed by atoms with Crippen LogP contribution in [0.25, 0.3) is 0 Å². The van der Waals surface area contributed by atoms with Gasteiger partial charge in [-0.2, -0.15) is 0 Å². The average Bonchev–Trinajstić information content (AvgIpc) is 3.50. The van der Waals surface area contributed by atoms with Crippen LogP contribution >= 0.6 is 11.6 Å². The molecule has 6 atom stereocenters. The Morgan fingerprint density at radius 3 is 2.30 bits per heavy atom. The van der Waals surface area contributed by atoms with E-state index in [1.54, 1.807) is 67.6 Å². The molecule has 252 valence electrons. The van der Waals surface area contributed by atoms with E-state index >= 15 is 4.79 Å². The van der Waals surface area contributed by atoms with Crippen molar-refractivity contribution in [1.82, 2.24) is 4.90 Å². The predicted molar refractivity (Wildman–Crippen MR) is 187 cm³/mol. The van der Waals surface area contributed by atoms with Crippen molar-refractivity contribution in [2.45, 2.75) is 37.5 Å². The van der Waals surface area contributed by atoms with Gasteiger partial charge in [-0.15, -0.1) is 0 Å². The number of hydrogen-bond acceptors (Lipinski definition) is 6. The predicted octanol–water partition coefficient (Wildman–Crippen LogP) is 6.46. The lowest BCUT2D eigenvalue weighted by Gasteiger charge is -2.50. The number of benzene rings is 4. The Labute approximate surface area is 294 Å². The fourth-order valence-electron chi connectivity index (χ4n) is 9.17. The van der Waals surface area contributed by atoms with E-state index < -0.39 is 35.0 Å². The van der Waals surface area contributed by atoms with Crippen LogP contribution in [0.3, 0.4) is 0 Å². The largest absolute Gasteiger partial charge is 0.508 e. The van der Waals surface area contributed by atoms with Gasteiger partial charge in [-0.05, 0) is 90.8 Å². The fourth-order valence-corrected chi connectivity index (χ4v) is 9.35. The lowest BCUT2D eigenvalue weighted by atomic mass is 9.49. The molecule has 50 heavy (non-hydrogen) atoms. The van der Waals surface area contributed by atoms with E-state index in [0.717, 1.165) is 16.7 Å². The number of carbonyl (C=O) groups excluding carboxylic acids is 4. The molecule has 2 N–H and O–H groups in total. The van der Waals surface area contributed by atoms with E-state index in [-0.39, 0.29) is 48.1 Å². The molecule has 0 unspecified atom stereocenters. The van der Waals surface area contributed by atoms with Crippen molar-refractivity contribution in [3.63, 3.8) is 0 Å². The van der Waals surface area contributed by atoms with Crippen LogP contribution in [0.2, 0.25) is 5.02 Å². The van der Waals surface area contributed by atoms with E-state index in [0.29, 0.717) is 34.7 Å². The van der Waals surface area contributed by atoms with Gasteiger partial charge in [-0.3, -0.25) is 24.1 Å². The quantitative estimate of drug-likeness (QED) is 0.178. The highest BCUT2D eigenvalue weighted by molar-refractivity contribution is 6.32. The number of phenols is 2. The molecular weight excluding hydrogens is 652 g/mol. The van der Waals surface area contributed by atoms with Crippen molar-refractivity contribution < 1.29 is 29.4 Å². The number of anilines is 1. The number of imide groups is 2. The normalized spacial score (nSPS) is 27.2. The Bertz CT molecular complexity index is 2100. The third-order valence-corrected chi connectivity index (χ3v) is 11.6. The number of allylic oxidation sites excluding steroid dienone is 2. The van der Waals surface area contributed by atoms with Crippen LogP contribution in [0.4, 0.5) is 5.69 Å². The van der Waals surface area contributed by atoms with E-state index in [9.17, 15) is 24.6 Å². The van der Waals surface area contributed by atoms with Gasteiger partial charge in [-0.25, -0.2) is 4.90 Å². The van der Waals surface area contributed by atoms with Crippen molar-refractivity contribution >= 4 is 40.9 Å². The zero-order valence-electron chi connectivity index (χ0n) is 27.3. The molecule has 4 amide bonds. The van der Waals surface area contributed by atoms with Crippen molar-refractivity contribution in [3.8, 4) is 11.5 Å². The standard InChI is InChI=1S/C41H35ClN2O6/c1-23-20-25(12-17-34(23)46)36-30-15-16-31-35(39(49)43(37(31)47)19-18-24-10-13-29(45)14-11-24)32(30)22-33-38(48)44(28-9-5-8-27(42)21-28)40(50)41(33,36)26-6-3-2-4-7-26/h2-15,17,20-21,31-33,35-36,45-46H,16,18-19,22H2,1H3/t31-,32+,33-,35-,36-,41+/m0/s1. The van der Waals surface area contributed by atoms with Gasteiger partial charge in [0.2, 0.25) is 23.6 Å². The first-order chi connectivity index (χ1) is 24.1. The first-order valence-electron chi connectivity index (χ1n) is 16.9. The van der Waals surface area contributed by atoms with Crippen LogP contribution in [-0.2, 0) is 31.0 Å². The summed E-state index contributed by atoms with van der Waals surface area (Å²) >= 11 is 6.39. The molecule has 0 aromatic heterocycles. The van der Waals surface area contributed by atoms with Crippen LogP contribution in [-0.4, -0.2) is 45.3 Å². The number of nitrogens with zero attached hydrogens (tertiary/aromatic N) is 2. The number of rotatable bonds is 6. The number of fused-ring (bicyclic) bond motifs is 4. The van der Waals surface area contributed by atoms with Gasteiger partial charge in [-0.1, -0.05) is 83.9 Å². The molecule has 1 saturated carbocycles. The van der Waals surface area contributed by atoms with Gasteiger partial charge in [0.1, 0.15) is 11.5 Å². The summed E-state index contributed by atoms with van der Waals surface area (Å²) in [6.07, 6.45) is 3.02. The molecule has 4 aromatic rings. The molecule has 2 saturated heterocycles. The smallest absolute Gasteiger partial charge is 0.246 e. The van der Waals surface area contributed by atoms with Crippen LogP contribution in [0.15, 0.2) is 109 Å². The Morgan fingerprint density at radius 2 is 1.58 bits per heavy atom. The summed E-state index contributed by atoms with van der Waals surface area (Å²) in [7, 11) is 0. The third kappa shape index (κ3) is 4.72. The molecule has 0 spiro atoms. The minimum Gasteiger partial charge on any atom is -0.508 e. The molecule has 0 bridgehead atoms. The SMILES string of the molecule is Cc1cc([C@H]2C3=CC[C@@H]4C(=O)N(CCc5ccc(O)cc5)C(=O)[C@@H]4[C@@H]3C[C@H]3C(=O)N(c4cccc(Cl)c4)C(=O)[C@@]23c2ccccc2)ccc1O. The van der Waals surface area contributed by atoms with Crippen LogP contribution in [0.1, 0.15) is 41.0 Å². The highest BCUT2D eigenvalue weighted by Crippen LogP contribution is 2.64. The maximum atomic E-state index is 15.3. The van der Waals surface area contributed by atoms with E-state index in [1.165, 1.54) is 9.80 Å². The second-order valence-corrected chi connectivity index (χ2v) is 14.3. The molecule has 2 aliphatic heterocycles. The number of aryl methyl sites for hydroxylation is 1. The van der Waals surface area contributed by atoms with Gasteiger partial charge in [0.15, 0.2) is 0 Å². The van der Waals surface area contributed by atoms with E-state index in [4.69, 9.17) is 11.6 Å². The summed E-state index contributed by atoms with van der Waals surface area (Å²) in [5.74, 6) is -4.21. The number of hydrogen-bond donors (Lipinski definition) is 2. The van der Waals surface area contributed by atoms with Gasteiger partial charge < -0.3 is 10.2 Å². The zero-order valence-corrected chi connectivity index (χ0v) is 28.1. The molecule has 9 heteroatoms. The summed E-state index contributed by atoms with van der Waals surface area (Å²) < 4.78 is 0. The first kappa shape index (κ1) is 32.0. The Hall–Kier alpha value is -5.21. The monoisotopic (exact) mass is 686 g/mol. The summed E-state index contributed by atoms with van der Waals surface area (Å²) in [5.41, 5.74) is 2.82. The van der Waals surface area contributed by atoms with Gasteiger partial charge >= 0.3 is 0 Å². The van der Waals surface area contributed by atoms with Crippen molar-refractivity contribution in [3.05, 3.63) is 136 Å². The van der Waals surface area contributed by atoms with Crippen LogP contribution in [0, 0.1) is 30.6 Å². The lowest BCUT2D eigenvalue weighted by molar-refractivity contribution is -0.140. The highest BCUT2D eigenvalue weighted by atomic mass is 35.5. The van der Waals surface area contributed by atoms with Crippen molar-refractivity contribution in [1.29, 1.82) is 0 Å². The van der Waals surface area contributed by atoms with Gasteiger partial charge in [0.05, 0.1) is 28.9 Å². The Balaban J connectivity index is 1.28. The summed E-state index contributed by atoms with van der Waals surface area (Å²) in [6.45, 7) is 2.00. The lowest BCUT2D eigenvalue weighted by Crippen LogP contribution is -2.53. The molecule has 8 rings (SSSR count). The van der Waals surface area contributed by atoms with Crippen molar-refractivity contribution in [2.24, 2.45) is 23.7 Å². The van der Waals surface area contributed by atoms with Crippen LogP contribution in [0.5, 0.6) is 11.5 Å². The maximum Gasteiger partial charge on any atom is 0.246 e. The Kier molecular flexibility index (Phi) is 7.68. The van der Waals surface area contributed by atoms with E-state index in [2.05, 4.69) is 0 Å².